The molecule has 1 aromatic carbocycles. The van der Waals surface area contributed by atoms with Crippen LogP contribution in [0, 0.1) is 0 Å². The second kappa shape index (κ2) is 7.04. The van der Waals surface area contributed by atoms with Gasteiger partial charge in [-0.05, 0) is 24.6 Å². The Labute approximate surface area is 111 Å². The van der Waals surface area contributed by atoms with Gasteiger partial charge in [-0.25, -0.2) is 0 Å². The Kier molecular flexibility index (Phi) is 5.69. The van der Waals surface area contributed by atoms with Crippen LogP contribution in [0.25, 0.3) is 0 Å². The summed E-state index contributed by atoms with van der Waals surface area (Å²) in [6.45, 7) is -0.663. The van der Waals surface area contributed by atoms with E-state index in [1.807, 2.05) is 0 Å². The number of carbonyl (C=O) groups is 1. The van der Waals surface area contributed by atoms with Gasteiger partial charge in [-0.15, -0.1) is 0 Å². The molecule has 1 amide bonds. The minimum Gasteiger partial charge on any atom is -0.435 e. The quantitative estimate of drug-likeness (QED) is 0.861. The number of rotatable bonds is 6. The van der Waals surface area contributed by atoms with Crippen LogP contribution >= 0.6 is 0 Å². The normalized spacial score (nSPS) is 12.3. The van der Waals surface area contributed by atoms with Crippen molar-refractivity contribution in [3.63, 3.8) is 0 Å². The number of carbonyl (C=O) groups excluding carboxylic acids is 1. The average Bonchev–Trinajstić information content (AvgIpc) is 2.30. The molecule has 0 saturated carbocycles. The van der Waals surface area contributed by atoms with Crippen LogP contribution in [-0.2, 0) is 11.3 Å². The van der Waals surface area contributed by atoms with Crippen molar-refractivity contribution in [3.8, 4) is 5.75 Å². The third-order valence-corrected chi connectivity index (χ3v) is 2.49. The molecule has 0 aliphatic rings. The average molecular weight is 272 g/mol. The van der Waals surface area contributed by atoms with Crippen LogP contribution in [0.2, 0.25) is 0 Å². The summed E-state index contributed by atoms with van der Waals surface area (Å²) >= 11 is 0. The highest BCUT2D eigenvalue weighted by atomic mass is 19.3. The number of nitrogens with zero attached hydrogens (tertiary/aromatic N) is 1. The summed E-state index contributed by atoms with van der Waals surface area (Å²) in [7, 11) is 1.67. The lowest BCUT2D eigenvalue weighted by atomic mass is 10.2. The molecule has 1 rings (SSSR count). The van der Waals surface area contributed by atoms with Gasteiger partial charge < -0.3 is 15.4 Å². The molecule has 19 heavy (non-hydrogen) atoms. The fraction of sp³-hybridized carbons (Fsp3) is 0.462. The number of hydrogen-bond donors (Lipinski definition) is 1. The lowest BCUT2D eigenvalue weighted by Gasteiger charge is -2.18. The van der Waals surface area contributed by atoms with Gasteiger partial charge in [0, 0.05) is 26.1 Å². The molecule has 6 heteroatoms. The number of nitrogens with two attached hydrogens (primary N) is 1. The Morgan fingerprint density at radius 1 is 1.37 bits per heavy atom. The zero-order chi connectivity index (χ0) is 14.4. The van der Waals surface area contributed by atoms with Crippen molar-refractivity contribution in [2.45, 2.75) is 32.5 Å². The third-order valence-electron chi connectivity index (χ3n) is 2.49. The second-order valence-electron chi connectivity index (χ2n) is 4.45. The van der Waals surface area contributed by atoms with E-state index in [-0.39, 0.29) is 24.1 Å². The number of amides is 1. The number of ether oxygens (including phenoxy) is 1. The predicted octanol–water partition coefficient (Wildman–Crippen LogP) is 1.98. The van der Waals surface area contributed by atoms with Gasteiger partial charge in [-0.2, -0.15) is 8.78 Å². The van der Waals surface area contributed by atoms with Gasteiger partial charge in [-0.3, -0.25) is 4.79 Å². The van der Waals surface area contributed by atoms with Crippen LogP contribution in [0.3, 0.4) is 0 Å². The van der Waals surface area contributed by atoms with Crippen LogP contribution < -0.4 is 10.5 Å². The van der Waals surface area contributed by atoms with Gasteiger partial charge in [0.1, 0.15) is 5.75 Å². The maximum Gasteiger partial charge on any atom is 0.387 e. The monoisotopic (exact) mass is 272 g/mol. The molecule has 0 heterocycles. The highest BCUT2D eigenvalue weighted by molar-refractivity contribution is 5.76. The lowest BCUT2D eigenvalue weighted by molar-refractivity contribution is -0.130. The molecule has 1 aromatic rings. The van der Waals surface area contributed by atoms with Crippen molar-refractivity contribution >= 4 is 5.91 Å². The summed E-state index contributed by atoms with van der Waals surface area (Å²) < 4.78 is 28.2. The Bertz CT molecular complexity index is 408. The van der Waals surface area contributed by atoms with Crippen LogP contribution in [0.5, 0.6) is 5.75 Å². The molecule has 0 bridgehead atoms. The van der Waals surface area contributed by atoms with Crippen LogP contribution in [0.15, 0.2) is 24.3 Å². The molecule has 0 fully saturated rings. The van der Waals surface area contributed by atoms with Crippen molar-refractivity contribution in [1.82, 2.24) is 4.90 Å². The molecule has 0 aliphatic heterocycles. The minimum absolute atomic E-state index is 0.0529. The van der Waals surface area contributed by atoms with Gasteiger partial charge in [0.05, 0.1) is 0 Å². The van der Waals surface area contributed by atoms with E-state index in [4.69, 9.17) is 5.73 Å². The van der Waals surface area contributed by atoms with E-state index in [1.165, 1.54) is 12.1 Å². The van der Waals surface area contributed by atoms with Gasteiger partial charge in [0.15, 0.2) is 0 Å². The lowest BCUT2D eigenvalue weighted by Crippen LogP contribution is -2.31. The van der Waals surface area contributed by atoms with Crippen LogP contribution in [-0.4, -0.2) is 30.5 Å². The Balaban J connectivity index is 2.55. The smallest absolute Gasteiger partial charge is 0.387 e. The molecule has 0 aromatic heterocycles. The first kappa shape index (κ1) is 15.4. The molecule has 0 aliphatic carbocycles. The fourth-order valence-electron chi connectivity index (χ4n) is 1.57. The summed E-state index contributed by atoms with van der Waals surface area (Å²) in [6.07, 6.45) is 0.281. The van der Waals surface area contributed by atoms with Crippen molar-refractivity contribution in [3.05, 3.63) is 29.8 Å². The summed E-state index contributed by atoms with van der Waals surface area (Å²) in [5.41, 5.74) is 6.39. The summed E-state index contributed by atoms with van der Waals surface area (Å²) in [4.78, 5) is 13.2. The van der Waals surface area contributed by atoms with E-state index in [1.54, 1.807) is 31.0 Å². The summed E-state index contributed by atoms with van der Waals surface area (Å²) in [5, 5.41) is 0. The molecule has 1 atom stereocenters. The first-order valence-electron chi connectivity index (χ1n) is 5.91. The van der Waals surface area contributed by atoms with Gasteiger partial charge in [-0.1, -0.05) is 12.1 Å². The highest BCUT2D eigenvalue weighted by Crippen LogP contribution is 2.15. The molecule has 0 spiro atoms. The first-order valence-corrected chi connectivity index (χ1v) is 5.91. The SMILES string of the molecule is CC(N)CC(=O)N(C)Cc1ccc(OC(F)F)cc1. The molecular formula is C13H18F2N2O2. The first-order chi connectivity index (χ1) is 8.88. The Morgan fingerprint density at radius 2 is 1.95 bits per heavy atom. The summed E-state index contributed by atoms with van der Waals surface area (Å²) in [5.74, 6) is 0.0474. The number of halogens is 2. The standard InChI is InChI=1S/C13H18F2N2O2/c1-9(16)7-12(18)17(2)8-10-3-5-11(6-4-10)19-13(14)15/h3-6,9,13H,7-8,16H2,1-2H3. The van der Waals surface area contributed by atoms with Crippen molar-refractivity contribution < 1.29 is 18.3 Å². The second-order valence-corrected chi connectivity index (χ2v) is 4.45. The number of alkyl halides is 2. The maximum absolute atomic E-state index is 12.0. The molecule has 4 nitrogen and oxygen atoms in total. The van der Waals surface area contributed by atoms with Crippen LogP contribution in [0.1, 0.15) is 18.9 Å². The van der Waals surface area contributed by atoms with E-state index < -0.39 is 6.61 Å². The zero-order valence-corrected chi connectivity index (χ0v) is 11.0. The number of hydrogen-bond acceptors (Lipinski definition) is 3. The molecule has 1 unspecified atom stereocenters. The zero-order valence-electron chi connectivity index (χ0n) is 11.0. The van der Waals surface area contributed by atoms with Gasteiger partial charge in [0.25, 0.3) is 0 Å². The van der Waals surface area contributed by atoms with Crippen molar-refractivity contribution in [1.29, 1.82) is 0 Å². The molecule has 106 valence electrons. The van der Waals surface area contributed by atoms with Crippen molar-refractivity contribution in [2.75, 3.05) is 7.05 Å². The Hall–Kier alpha value is -1.69. The predicted molar refractivity (Wildman–Crippen MR) is 67.8 cm³/mol. The van der Waals surface area contributed by atoms with E-state index in [9.17, 15) is 13.6 Å². The minimum atomic E-state index is -2.83. The van der Waals surface area contributed by atoms with E-state index in [0.29, 0.717) is 6.54 Å². The van der Waals surface area contributed by atoms with E-state index in [2.05, 4.69) is 4.74 Å². The van der Waals surface area contributed by atoms with Crippen LogP contribution in [0.4, 0.5) is 8.78 Å². The number of benzene rings is 1. The van der Waals surface area contributed by atoms with E-state index in [0.717, 1.165) is 5.56 Å². The Morgan fingerprint density at radius 3 is 2.42 bits per heavy atom. The largest absolute Gasteiger partial charge is 0.435 e. The van der Waals surface area contributed by atoms with E-state index >= 15 is 0 Å². The van der Waals surface area contributed by atoms with Crippen molar-refractivity contribution in [2.24, 2.45) is 5.73 Å². The van der Waals surface area contributed by atoms with Gasteiger partial charge in [0.2, 0.25) is 5.91 Å². The molecule has 2 N–H and O–H groups in total. The molecular weight excluding hydrogens is 254 g/mol. The molecule has 0 radical (unpaired) electrons. The third kappa shape index (κ3) is 5.65. The highest BCUT2D eigenvalue weighted by Gasteiger charge is 2.11. The summed E-state index contributed by atoms with van der Waals surface area (Å²) in [6, 6.07) is 6.01. The fourth-order valence-corrected chi connectivity index (χ4v) is 1.57. The van der Waals surface area contributed by atoms with Gasteiger partial charge >= 0.3 is 6.61 Å². The molecule has 0 saturated heterocycles. The maximum atomic E-state index is 12.0. The topological polar surface area (TPSA) is 55.6 Å².